The van der Waals surface area contributed by atoms with Crippen LogP contribution in [0.2, 0.25) is 0 Å². The zero-order valence-electron chi connectivity index (χ0n) is 12.7. The van der Waals surface area contributed by atoms with Gasteiger partial charge in [-0.2, -0.15) is 5.10 Å². The molecule has 6 nitrogen and oxygen atoms in total. The van der Waals surface area contributed by atoms with Crippen molar-refractivity contribution in [2.24, 2.45) is 13.0 Å². The van der Waals surface area contributed by atoms with Crippen molar-refractivity contribution in [3.05, 3.63) is 12.5 Å². The van der Waals surface area contributed by atoms with Gasteiger partial charge in [0.1, 0.15) is 12.1 Å². The van der Waals surface area contributed by atoms with E-state index in [2.05, 4.69) is 32.3 Å². The van der Waals surface area contributed by atoms with Gasteiger partial charge in [0.2, 0.25) is 0 Å². The number of rotatable bonds is 3. The second-order valence-electron chi connectivity index (χ2n) is 6.50. The molecule has 1 N–H and O–H groups in total. The highest BCUT2D eigenvalue weighted by atomic mass is 15.3. The van der Waals surface area contributed by atoms with E-state index in [0.29, 0.717) is 0 Å². The van der Waals surface area contributed by atoms with Crippen molar-refractivity contribution < 1.29 is 0 Å². The smallest absolute Gasteiger partial charge is 0.163 e. The van der Waals surface area contributed by atoms with Gasteiger partial charge in [-0.3, -0.25) is 4.68 Å². The Balaban J connectivity index is 1.47. The molecule has 2 atom stereocenters. The first kappa shape index (κ1) is 13.0. The minimum Gasteiger partial charge on any atom is -0.369 e. The lowest BCUT2D eigenvalue weighted by Gasteiger charge is -2.36. The molecular formula is C15H22N6. The maximum Gasteiger partial charge on any atom is 0.163 e. The van der Waals surface area contributed by atoms with Crippen molar-refractivity contribution in [1.82, 2.24) is 24.6 Å². The SMILES string of the molecule is CN1C2CCC1CC(CNc1ncnc3c1cnn3C)C2. The minimum absolute atomic E-state index is 0.750. The van der Waals surface area contributed by atoms with Crippen molar-refractivity contribution in [2.45, 2.75) is 37.8 Å². The summed E-state index contributed by atoms with van der Waals surface area (Å²) in [6.07, 6.45) is 8.82. The molecule has 0 amide bonds. The summed E-state index contributed by atoms with van der Waals surface area (Å²) in [6, 6.07) is 1.58. The first-order chi connectivity index (χ1) is 10.2. The molecule has 2 aliphatic rings. The van der Waals surface area contributed by atoms with Crippen molar-refractivity contribution in [2.75, 3.05) is 18.9 Å². The Morgan fingerprint density at radius 1 is 1.19 bits per heavy atom. The van der Waals surface area contributed by atoms with Gasteiger partial charge >= 0.3 is 0 Å². The van der Waals surface area contributed by atoms with E-state index in [9.17, 15) is 0 Å². The number of hydrogen-bond acceptors (Lipinski definition) is 5. The second kappa shape index (κ2) is 4.94. The summed E-state index contributed by atoms with van der Waals surface area (Å²) in [5, 5.41) is 8.80. The molecular weight excluding hydrogens is 264 g/mol. The predicted molar refractivity (Wildman–Crippen MR) is 82.1 cm³/mol. The largest absolute Gasteiger partial charge is 0.369 e. The normalized spacial score (nSPS) is 29.1. The molecule has 2 unspecified atom stereocenters. The third kappa shape index (κ3) is 2.18. The quantitative estimate of drug-likeness (QED) is 0.929. The molecule has 2 saturated heterocycles. The Labute approximate surface area is 124 Å². The number of fused-ring (bicyclic) bond motifs is 3. The van der Waals surface area contributed by atoms with Crippen LogP contribution in [0.1, 0.15) is 25.7 Å². The zero-order chi connectivity index (χ0) is 14.4. The number of nitrogens with one attached hydrogen (secondary N) is 1. The number of hydrogen-bond donors (Lipinski definition) is 1. The molecule has 2 aliphatic heterocycles. The Kier molecular flexibility index (Phi) is 3.06. The highest BCUT2D eigenvalue weighted by Crippen LogP contribution is 2.37. The Morgan fingerprint density at radius 3 is 2.71 bits per heavy atom. The number of piperidine rings is 1. The number of nitrogens with zero attached hydrogens (tertiary/aromatic N) is 5. The van der Waals surface area contributed by atoms with Crippen LogP contribution in [0.15, 0.2) is 12.5 Å². The average molecular weight is 286 g/mol. The predicted octanol–water partition coefficient (Wildman–Crippen LogP) is 1.65. The first-order valence-electron chi connectivity index (χ1n) is 7.81. The van der Waals surface area contributed by atoms with Crippen molar-refractivity contribution in [1.29, 1.82) is 0 Å². The van der Waals surface area contributed by atoms with Crippen LogP contribution in [-0.2, 0) is 7.05 Å². The summed E-state index contributed by atoms with van der Waals surface area (Å²) in [5.74, 6) is 1.67. The molecule has 6 heteroatoms. The van der Waals surface area contributed by atoms with E-state index in [0.717, 1.165) is 41.4 Å². The summed E-state index contributed by atoms with van der Waals surface area (Å²) in [7, 11) is 4.20. The molecule has 0 saturated carbocycles. The zero-order valence-corrected chi connectivity index (χ0v) is 12.7. The van der Waals surface area contributed by atoms with Gasteiger partial charge in [-0.05, 0) is 38.6 Å². The fourth-order valence-corrected chi connectivity index (χ4v) is 4.03. The number of anilines is 1. The molecule has 0 radical (unpaired) electrons. The molecule has 112 valence electrons. The molecule has 21 heavy (non-hydrogen) atoms. The van der Waals surface area contributed by atoms with Gasteiger partial charge in [0.25, 0.3) is 0 Å². The third-order valence-electron chi connectivity index (χ3n) is 5.28. The van der Waals surface area contributed by atoms with E-state index in [1.54, 1.807) is 11.0 Å². The van der Waals surface area contributed by atoms with Crippen LogP contribution >= 0.6 is 0 Å². The molecule has 4 heterocycles. The topological polar surface area (TPSA) is 58.9 Å². The maximum atomic E-state index is 4.39. The fourth-order valence-electron chi connectivity index (χ4n) is 4.03. The molecule has 0 aromatic carbocycles. The second-order valence-corrected chi connectivity index (χ2v) is 6.50. The molecule has 2 fully saturated rings. The lowest BCUT2D eigenvalue weighted by atomic mass is 9.91. The van der Waals surface area contributed by atoms with Gasteiger partial charge in [0.05, 0.1) is 11.6 Å². The van der Waals surface area contributed by atoms with Crippen LogP contribution in [0.3, 0.4) is 0 Å². The number of aryl methyl sites for hydroxylation is 1. The van der Waals surface area contributed by atoms with Crippen molar-refractivity contribution >= 4 is 16.9 Å². The summed E-state index contributed by atoms with van der Waals surface area (Å²) in [4.78, 5) is 11.3. The van der Waals surface area contributed by atoms with E-state index in [-0.39, 0.29) is 0 Å². The van der Waals surface area contributed by atoms with Gasteiger partial charge in [0, 0.05) is 25.7 Å². The average Bonchev–Trinajstić information content (AvgIpc) is 2.94. The van der Waals surface area contributed by atoms with Gasteiger partial charge in [0.15, 0.2) is 5.65 Å². The van der Waals surface area contributed by atoms with E-state index in [1.807, 2.05) is 13.2 Å². The summed E-state index contributed by atoms with van der Waals surface area (Å²) >= 11 is 0. The first-order valence-corrected chi connectivity index (χ1v) is 7.81. The number of aromatic nitrogens is 4. The monoisotopic (exact) mass is 286 g/mol. The highest BCUT2D eigenvalue weighted by molar-refractivity contribution is 5.85. The minimum atomic E-state index is 0.750. The van der Waals surface area contributed by atoms with E-state index in [1.165, 1.54) is 25.7 Å². The summed E-state index contributed by atoms with van der Waals surface area (Å²) in [6.45, 7) is 1.00. The van der Waals surface area contributed by atoms with E-state index in [4.69, 9.17) is 0 Å². The van der Waals surface area contributed by atoms with Gasteiger partial charge in [-0.15, -0.1) is 0 Å². The fraction of sp³-hybridized carbons (Fsp3) is 0.667. The van der Waals surface area contributed by atoms with Crippen molar-refractivity contribution in [3.63, 3.8) is 0 Å². The van der Waals surface area contributed by atoms with E-state index >= 15 is 0 Å². The Hall–Kier alpha value is -1.69. The van der Waals surface area contributed by atoms with Crippen LogP contribution in [0.5, 0.6) is 0 Å². The van der Waals surface area contributed by atoms with Crippen LogP contribution in [0.25, 0.3) is 11.0 Å². The third-order valence-corrected chi connectivity index (χ3v) is 5.28. The molecule has 0 spiro atoms. The Bertz CT molecular complexity index is 637. The molecule has 2 bridgehead atoms. The summed E-state index contributed by atoms with van der Waals surface area (Å²) in [5.41, 5.74) is 0.885. The van der Waals surface area contributed by atoms with Crippen LogP contribution < -0.4 is 5.32 Å². The van der Waals surface area contributed by atoms with Crippen LogP contribution in [0, 0.1) is 5.92 Å². The van der Waals surface area contributed by atoms with Gasteiger partial charge in [-0.1, -0.05) is 0 Å². The molecule has 2 aromatic heterocycles. The molecule has 0 aliphatic carbocycles. The Morgan fingerprint density at radius 2 is 1.95 bits per heavy atom. The van der Waals surface area contributed by atoms with Gasteiger partial charge in [-0.25, -0.2) is 9.97 Å². The van der Waals surface area contributed by atoms with Crippen LogP contribution in [-0.4, -0.2) is 50.3 Å². The van der Waals surface area contributed by atoms with Gasteiger partial charge < -0.3 is 10.2 Å². The molecule has 4 rings (SSSR count). The van der Waals surface area contributed by atoms with Crippen molar-refractivity contribution in [3.8, 4) is 0 Å². The molecule has 2 aromatic rings. The highest BCUT2D eigenvalue weighted by Gasteiger charge is 2.38. The lowest BCUT2D eigenvalue weighted by molar-refractivity contribution is 0.139. The van der Waals surface area contributed by atoms with Crippen LogP contribution in [0.4, 0.5) is 5.82 Å². The standard InChI is InChI=1S/C15H22N6/c1-20-11-3-4-12(20)6-10(5-11)7-16-14-13-8-19-21(2)15(13)18-9-17-14/h8-12H,3-7H2,1-2H3,(H,16,17,18). The summed E-state index contributed by atoms with van der Waals surface area (Å²) < 4.78 is 1.79. The van der Waals surface area contributed by atoms with E-state index < -0.39 is 0 Å². The lowest BCUT2D eigenvalue weighted by Crippen LogP contribution is -2.41. The maximum absolute atomic E-state index is 4.39.